The number of halogens is 2. The first-order valence-corrected chi connectivity index (χ1v) is 16.7. The molecule has 4 unspecified atom stereocenters. The second-order valence-electron chi connectivity index (χ2n) is 11.6. The molecule has 7 nitrogen and oxygen atoms in total. The van der Waals surface area contributed by atoms with Crippen LogP contribution in [0.15, 0.2) is 97.1 Å². The average Bonchev–Trinajstić information content (AvgIpc) is 3.09. The molecule has 0 saturated carbocycles. The normalized spacial score (nSPS) is 20.8. The molecule has 0 saturated heterocycles. The van der Waals surface area contributed by atoms with Crippen LogP contribution in [0.2, 0.25) is 0 Å². The van der Waals surface area contributed by atoms with Gasteiger partial charge in [-0.05, 0) is 67.6 Å². The molecule has 4 aromatic rings. The number of ether oxygens (including phenoxy) is 2. The summed E-state index contributed by atoms with van der Waals surface area (Å²) in [5.74, 6) is -0.214. The molecule has 6 atom stereocenters. The largest absolute Gasteiger partial charge is 0.491 e. The number of para-hydroxylation sites is 2. The zero-order valence-corrected chi connectivity index (χ0v) is 27.2. The fraction of sp³-hybridized carbons (Fsp3) is 0.297. The van der Waals surface area contributed by atoms with Crippen molar-refractivity contribution >= 4 is 23.6 Å². The van der Waals surface area contributed by atoms with E-state index >= 15 is 0 Å². The average molecular weight is 661 g/mol. The van der Waals surface area contributed by atoms with Crippen LogP contribution in [0.1, 0.15) is 59.3 Å². The van der Waals surface area contributed by atoms with Crippen molar-refractivity contribution < 1.29 is 33.0 Å². The van der Waals surface area contributed by atoms with E-state index < -0.39 is 18.1 Å². The summed E-state index contributed by atoms with van der Waals surface area (Å²) in [5, 5.41) is 16.5. The van der Waals surface area contributed by atoms with E-state index in [0.29, 0.717) is 17.9 Å². The van der Waals surface area contributed by atoms with E-state index in [1.54, 1.807) is 55.1 Å². The van der Waals surface area contributed by atoms with Gasteiger partial charge in [-0.25, -0.2) is 8.78 Å². The number of hydrogen-bond donors (Lipinski definition) is 3. The molecule has 0 aromatic heterocycles. The van der Waals surface area contributed by atoms with Crippen molar-refractivity contribution in [1.29, 1.82) is 0 Å². The van der Waals surface area contributed by atoms with Gasteiger partial charge in [0.2, 0.25) is 11.8 Å². The lowest BCUT2D eigenvalue weighted by Gasteiger charge is -2.33. The first-order valence-electron chi connectivity index (χ1n) is 15.4. The molecule has 0 bridgehead atoms. The Kier molecular flexibility index (Phi) is 11.2. The molecule has 2 aliphatic rings. The lowest BCUT2D eigenvalue weighted by atomic mass is 9.96. The van der Waals surface area contributed by atoms with E-state index in [0.717, 1.165) is 22.4 Å². The Bertz CT molecular complexity index is 1670. The molecule has 2 aliphatic heterocycles. The number of thioether (sulfide) groups is 1. The third-order valence-electron chi connectivity index (χ3n) is 8.48. The van der Waals surface area contributed by atoms with Gasteiger partial charge in [-0.1, -0.05) is 60.7 Å². The number of hydrogen-bond acceptors (Lipinski definition) is 6. The van der Waals surface area contributed by atoms with E-state index in [1.807, 2.05) is 49.6 Å². The predicted octanol–water partition coefficient (Wildman–Crippen LogP) is 6.45. The maximum absolute atomic E-state index is 13.0. The molecule has 6 rings (SSSR count). The van der Waals surface area contributed by atoms with Crippen LogP contribution in [0.3, 0.4) is 0 Å². The highest BCUT2D eigenvalue weighted by Crippen LogP contribution is 2.40. The predicted molar refractivity (Wildman–Crippen MR) is 179 cm³/mol. The number of fused-ring (bicyclic) bond motifs is 2. The monoisotopic (exact) mass is 660 g/mol. The van der Waals surface area contributed by atoms with Gasteiger partial charge in [-0.15, -0.1) is 0 Å². The molecule has 4 aromatic carbocycles. The van der Waals surface area contributed by atoms with Gasteiger partial charge in [0.15, 0.2) is 0 Å². The summed E-state index contributed by atoms with van der Waals surface area (Å²) < 4.78 is 37.4. The Balaban J connectivity index is 0.000000185. The number of aliphatic hydroxyl groups is 1. The Labute approximate surface area is 277 Å². The minimum absolute atomic E-state index is 0.0753. The van der Waals surface area contributed by atoms with Crippen molar-refractivity contribution in [3.8, 4) is 11.5 Å². The number of carbonyl (C=O) groups excluding carboxylic acids is 2. The van der Waals surface area contributed by atoms with Crippen LogP contribution in [0.5, 0.6) is 11.5 Å². The Hall–Kier alpha value is -4.41. The SMILES string of the molecule is CSC1c2ccccc2OCC1NC(=O)[C@@H](C)c1ccc(F)cc1.C[C@H](C(=O)NC1COc2ccccc2C1O)c1ccc(F)cc1. The minimum Gasteiger partial charge on any atom is -0.491 e. The maximum atomic E-state index is 13.0. The number of nitrogens with one attached hydrogen (secondary N) is 2. The highest BCUT2D eigenvalue weighted by molar-refractivity contribution is 7.98. The zero-order chi connectivity index (χ0) is 33.5. The number of rotatable bonds is 7. The van der Waals surface area contributed by atoms with E-state index in [9.17, 15) is 23.5 Å². The fourth-order valence-corrected chi connectivity index (χ4v) is 6.55. The van der Waals surface area contributed by atoms with Crippen LogP contribution in [-0.4, -0.2) is 48.5 Å². The van der Waals surface area contributed by atoms with E-state index in [1.165, 1.54) is 24.3 Å². The van der Waals surface area contributed by atoms with Crippen LogP contribution in [0, 0.1) is 11.6 Å². The highest BCUT2D eigenvalue weighted by Gasteiger charge is 2.33. The summed E-state index contributed by atoms with van der Waals surface area (Å²) in [6.07, 6.45) is 1.22. The molecule has 0 radical (unpaired) electrons. The lowest BCUT2D eigenvalue weighted by Crippen LogP contribution is -2.46. The smallest absolute Gasteiger partial charge is 0.227 e. The van der Waals surface area contributed by atoms with Crippen molar-refractivity contribution in [3.05, 3.63) is 131 Å². The minimum atomic E-state index is -0.815. The molecule has 2 amide bonds. The van der Waals surface area contributed by atoms with Gasteiger partial charge in [-0.3, -0.25) is 9.59 Å². The quantitative estimate of drug-likeness (QED) is 0.211. The van der Waals surface area contributed by atoms with Gasteiger partial charge in [0.25, 0.3) is 0 Å². The molecule has 0 fully saturated rings. The van der Waals surface area contributed by atoms with Crippen LogP contribution in [0.25, 0.3) is 0 Å². The summed E-state index contributed by atoms with van der Waals surface area (Å²) in [4.78, 5) is 25.0. The van der Waals surface area contributed by atoms with Crippen molar-refractivity contribution in [2.75, 3.05) is 19.5 Å². The van der Waals surface area contributed by atoms with Crippen molar-refractivity contribution in [3.63, 3.8) is 0 Å². The van der Waals surface area contributed by atoms with Crippen LogP contribution in [-0.2, 0) is 9.59 Å². The molecule has 0 aliphatic carbocycles. The van der Waals surface area contributed by atoms with Gasteiger partial charge in [0.05, 0.1) is 29.2 Å². The molecule has 3 N–H and O–H groups in total. The van der Waals surface area contributed by atoms with Gasteiger partial charge in [0, 0.05) is 11.1 Å². The van der Waals surface area contributed by atoms with E-state index in [2.05, 4.69) is 10.6 Å². The van der Waals surface area contributed by atoms with E-state index in [4.69, 9.17) is 9.47 Å². The number of carbonyl (C=O) groups is 2. The maximum Gasteiger partial charge on any atom is 0.227 e. The zero-order valence-electron chi connectivity index (χ0n) is 26.4. The standard InChI is InChI=1S/C19H20FNO2S.C18H18FNO3/c1-12(13-7-9-14(20)10-8-13)19(22)21-16-11-23-17-6-4-3-5-15(17)18(16)24-2;1-11(12-6-8-13(19)9-7-12)18(22)20-15-10-23-16-5-3-2-4-14(16)17(15)21/h3-10,12,16,18H,11H2,1-2H3,(H,21,22);2-9,11,15,17,21H,10H2,1H3,(H,20,22)/t12-,16?,18?;11-,15?,17?/m00/s1. The number of benzene rings is 4. The molecule has 10 heteroatoms. The summed E-state index contributed by atoms with van der Waals surface area (Å²) in [7, 11) is 0. The topological polar surface area (TPSA) is 96.9 Å². The van der Waals surface area contributed by atoms with Gasteiger partial charge in [-0.2, -0.15) is 11.8 Å². The number of amides is 2. The van der Waals surface area contributed by atoms with Crippen molar-refractivity contribution in [2.45, 2.75) is 49.1 Å². The molecule has 0 spiro atoms. The second-order valence-corrected chi connectivity index (χ2v) is 12.6. The van der Waals surface area contributed by atoms with Crippen LogP contribution < -0.4 is 20.1 Å². The van der Waals surface area contributed by atoms with Gasteiger partial charge >= 0.3 is 0 Å². The lowest BCUT2D eigenvalue weighted by molar-refractivity contribution is -0.124. The molecular weight excluding hydrogens is 622 g/mol. The third-order valence-corrected chi connectivity index (χ3v) is 9.57. The van der Waals surface area contributed by atoms with Gasteiger partial charge < -0.3 is 25.2 Å². The molecule has 47 heavy (non-hydrogen) atoms. The van der Waals surface area contributed by atoms with Crippen molar-refractivity contribution in [2.24, 2.45) is 0 Å². The number of aliphatic hydroxyl groups excluding tert-OH is 1. The van der Waals surface area contributed by atoms with Gasteiger partial charge in [0.1, 0.15) is 42.5 Å². The first kappa shape index (κ1) is 33.9. The van der Waals surface area contributed by atoms with Crippen LogP contribution in [0.4, 0.5) is 8.78 Å². The molecular formula is C37H38F2N2O5S. The Morgan fingerprint density at radius 2 is 1.13 bits per heavy atom. The summed E-state index contributed by atoms with van der Waals surface area (Å²) in [5.41, 5.74) is 3.29. The summed E-state index contributed by atoms with van der Waals surface area (Å²) in [6.45, 7) is 4.23. The summed E-state index contributed by atoms with van der Waals surface area (Å²) in [6, 6.07) is 26.4. The molecule has 2 heterocycles. The van der Waals surface area contributed by atoms with E-state index in [-0.39, 0.29) is 47.3 Å². The third kappa shape index (κ3) is 8.12. The second kappa shape index (κ2) is 15.5. The van der Waals surface area contributed by atoms with Crippen LogP contribution >= 0.6 is 11.8 Å². The molecule has 246 valence electrons. The highest BCUT2D eigenvalue weighted by atomic mass is 32.2. The Morgan fingerprint density at radius 1 is 0.702 bits per heavy atom. The Morgan fingerprint density at radius 3 is 1.64 bits per heavy atom. The van der Waals surface area contributed by atoms with Crippen molar-refractivity contribution in [1.82, 2.24) is 10.6 Å². The summed E-state index contributed by atoms with van der Waals surface area (Å²) >= 11 is 1.70. The first-order chi connectivity index (χ1) is 22.7. The fourth-order valence-electron chi connectivity index (χ4n) is 5.62.